The lowest BCUT2D eigenvalue weighted by Gasteiger charge is -2.17. The van der Waals surface area contributed by atoms with Crippen molar-refractivity contribution in [1.82, 2.24) is 24.6 Å². The highest BCUT2D eigenvalue weighted by Gasteiger charge is 2.24. The lowest BCUT2D eigenvalue weighted by Crippen LogP contribution is -2.17. The number of pyridine rings is 1. The number of rotatable bonds is 1. The molecule has 0 saturated heterocycles. The molecule has 120 valence electrons. The average Bonchev–Trinajstić information content (AvgIpc) is 3.16. The molecule has 5 rings (SSSR count). The van der Waals surface area contributed by atoms with E-state index in [0.717, 1.165) is 28.6 Å². The molecule has 0 fully saturated rings. The molecule has 0 saturated carbocycles. The molecular formula is C17H15N5OS. The Morgan fingerprint density at radius 1 is 1.33 bits per heavy atom. The first kappa shape index (κ1) is 13.9. The Morgan fingerprint density at radius 3 is 3.00 bits per heavy atom. The summed E-state index contributed by atoms with van der Waals surface area (Å²) in [5.41, 5.74) is 2.62. The largest absolute Gasteiger partial charge is 0.349 e. The highest BCUT2D eigenvalue weighted by molar-refractivity contribution is 7.19. The van der Waals surface area contributed by atoms with Gasteiger partial charge in [-0.3, -0.25) is 9.97 Å². The van der Waals surface area contributed by atoms with Crippen LogP contribution < -0.4 is 5.69 Å². The van der Waals surface area contributed by atoms with Crippen LogP contribution in [0.1, 0.15) is 23.8 Å². The molecule has 0 aromatic carbocycles. The van der Waals surface area contributed by atoms with Crippen LogP contribution in [0.5, 0.6) is 0 Å². The van der Waals surface area contributed by atoms with E-state index >= 15 is 0 Å². The lowest BCUT2D eigenvalue weighted by molar-refractivity contribution is 0.509. The van der Waals surface area contributed by atoms with Crippen molar-refractivity contribution in [1.29, 1.82) is 0 Å². The maximum absolute atomic E-state index is 12.4. The van der Waals surface area contributed by atoms with E-state index in [1.54, 1.807) is 23.7 Å². The molecule has 0 amide bonds. The topological polar surface area (TPSA) is 75.9 Å². The molecule has 1 atom stereocenters. The Kier molecular flexibility index (Phi) is 2.87. The van der Waals surface area contributed by atoms with Gasteiger partial charge in [0.15, 0.2) is 11.5 Å². The number of aromatic nitrogens is 5. The van der Waals surface area contributed by atoms with E-state index < -0.39 is 0 Å². The summed E-state index contributed by atoms with van der Waals surface area (Å²) < 4.78 is 1.39. The monoisotopic (exact) mass is 337 g/mol. The SMILES string of the molecule is C[C@H]1CCc2c(sc3[nH]c(=O)n4nc(-c5ccncc5)nc4c23)C1. The summed E-state index contributed by atoms with van der Waals surface area (Å²) >= 11 is 1.69. The maximum atomic E-state index is 12.4. The quantitative estimate of drug-likeness (QED) is 0.579. The fourth-order valence-corrected chi connectivity index (χ4v) is 4.86. The first-order chi connectivity index (χ1) is 11.7. The molecule has 24 heavy (non-hydrogen) atoms. The number of H-pyrrole nitrogens is 1. The van der Waals surface area contributed by atoms with Gasteiger partial charge in [0.1, 0.15) is 4.83 Å². The van der Waals surface area contributed by atoms with Crippen LogP contribution in [0.3, 0.4) is 0 Å². The van der Waals surface area contributed by atoms with Crippen molar-refractivity contribution in [2.24, 2.45) is 5.92 Å². The number of thiophene rings is 1. The Labute approximate surface area is 141 Å². The number of nitrogens with zero attached hydrogens (tertiary/aromatic N) is 4. The van der Waals surface area contributed by atoms with Crippen molar-refractivity contribution in [3.8, 4) is 11.4 Å². The fraction of sp³-hybridized carbons (Fsp3) is 0.294. The van der Waals surface area contributed by atoms with Gasteiger partial charge in [0, 0.05) is 22.8 Å². The van der Waals surface area contributed by atoms with Gasteiger partial charge in [-0.1, -0.05) is 6.92 Å². The fourth-order valence-electron chi connectivity index (χ4n) is 3.46. The highest BCUT2D eigenvalue weighted by Crippen LogP contribution is 2.38. The number of nitrogens with one attached hydrogen (secondary N) is 1. The second-order valence-corrected chi connectivity index (χ2v) is 7.50. The number of aromatic amines is 1. The molecule has 4 aromatic heterocycles. The number of fused-ring (bicyclic) bond motifs is 5. The zero-order valence-corrected chi connectivity index (χ0v) is 13.9. The summed E-state index contributed by atoms with van der Waals surface area (Å²) in [5, 5.41) is 5.48. The summed E-state index contributed by atoms with van der Waals surface area (Å²) in [6, 6.07) is 3.70. The molecule has 4 aromatic rings. The smallest absolute Gasteiger partial charge is 0.297 e. The molecule has 0 unspecified atom stereocenters. The van der Waals surface area contributed by atoms with Crippen molar-refractivity contribution in [2.75, 3.05) is 0 Å². The van der Waals surface area contributed by atoms with Crippen LogP contribution >= 0.6 is 11.3 Å². The minimum absolute atomic E-state index is 0.239. The highest BCUT2D eigenvalue weighted by atomic mass is 32.1. The van der Waals surface area contributed by atoms with E-state index in [-0.39, 0.29) is 5.69 Å². The normalized spacial score (nSPS) is 17.5. The second-order valence-electron chi connectivity index (χ2n) is 6.39. The van der Waals surface area contributed by atoms with Crippen LogP contribution in [0, 0.1) is 5.92 Å². The average molecular weight is 337 g/mol. The molecule has 0 aliphatic heterocycles. The van der Waals surface area contributed by atoms with Gasteiger partial charge < -0.3 is 0 Å². The maximum Gasteiger partial charge on any atom is 0.349 e. The van der Waals surface area contributed by atoms with Crippen LogP contribution in [-0.4, -0.2) is 24.6 Å². The zero-order valence-electron chi connectivity index (χ0n) is 13.1. The molecule has 0 spiro atoms. The predicted octanol–water partition coefficient (Wildman–Crippen LogP) is 2.82. The van der Waals surface area contributed by atoms with Gasteiger partial charge in [-0.05, 0) is 42.9 Å². The Bertz CT molecular complexity index is 1120. The van der Waals surface area contributed by atoms with E-state index in [4.69, 9.17) is 0 Å². The van der Waals surface area contributed by atoms with Gasteiger partial charge in [-0.2, -0.15) is 4.52 Å². The predicted molar refractivity (Wildman–Crippen MR) is 93.4 cm³/mol. The van der Waals surface area contributed by atoms with E-state index in [9.17, 15) is 4.79 Å². The van der Waals surface area contributed by atoms with Gasteiger partial charge in [0.25, 0.3) is 0 Å². The van der Waals surface area contributed by atoms with Crippen LogP contribution in [0.25, 0.3) is 27.3 Å². The molecule has 4 heterocycles. The molecule has 0 bridgehead atoms. The first-order valence-electron chi connectivity index (χ1n) is 8.04. The number of hydrogen-bond acceptors (Lipinski definition) is 5. The van der Waals surface area contributed by atoms with Crippen LogP contribution in [0.15, 0.2) is 29.3 Å². The third kappa shape index (κ3) is 1.94. The number of hydrogen-bond donors (Lipinski definition) is 1. The van der Waals surface area contributed by atoms with Gasteiger partial charge >= 0.3 is 5.69 Å². The molecule has 6 nitrogen and oxygen atoms in total. The summed E-state index contributed by atoms with van der Waals surface area (Å²) in [5.74, 6) is 1.25. The van der Waals surface area contributed by atoms with Crippen molar-refractivity contribution >= 4 is 27.2 Å². The molecule has 1 aliphatic carbocycles. The van der Waals surface area contributed by atoms with Gasteiger partial charge in [-0.15, -0.1) is 16.4 Å². The van der Waals surface area contributed by atoms with Gasteiger partial charge in [0.05, 0.1) is 5.39 Å². The van der Waals surface area contributed by atoms with E-state index in [1.807, 2.05) is 12.1 Å². The molecule has 1 N–H and O–H groups in total. The van der Waals surface area contributed by atoms with Crippen molar-refractivity contribution in [2.45, 2.75) is 26.2 Å². The van der Waals surface area contributed by atoms with E-state index in [2.05, 4.69) is 27.0 Å². The van der Waals surface area contributed by atoms with Crippen LogP contribution in [0.2, 0.25) is 0 Å². The Morgan fingerprint density at radius 2 is 2.17 bits per heavy atom. The van der Waals surface area contributed by atoms with Crippen molar-refractivity contribution < 1.29 is 0 Å². The van der Waals surface area contributed by atoms with E-state index in [1.165, 1.54) is 21.4 Å². The second kappa shape index (κ2) is 4.98. The summed E-state index contributed by atoms with van der Waals surface area (Å²) in [4.78, 5) is 26.4. The Hall–Kier alpha value is -2.54. The van der Waals surface area contributed by atoms with Crippen LogP contribution in [-0.2, 0) is 12.8 Å². The molecular weight excluding hydrogens is 322 g/mol. The summed E-state index contributed by atoms with van der Waals surface area (Å²) in [7, 11) is 0. The minimum atomic E-state index is -0.239. The van der Waals surface area contributed by atoms with Crippen molar-refractivity contribution in [3.05, 3.63) is 45.5 Å². The number of aryl methyl sites for hydroxylation is 1. The lowest BCUT2D eigenvalue weighted by atomic mass is 9.89. The molecule has 7 heteroatoms. The standard InChI is InChI=1S/C17H15N5OS/c1-9-2-3-11-12(8-9)24-16-13(11)15-19-14(10-4-6-18-7-5-10)21-22(15)17(23)20-16/h4-7,9H,2-3,8H2,1H3,(H,20,23)/t9-/m0/s1. The van der Waals surface area contributed by atoms with Gasteiger partial charge in [0.2, 0.25) is 0 Å². The van der Waals surface area contributed by atoms with Crippen molar-refractivity contribution in [3.63, 3.8) is 0 Å². The summed E-state index contributed by atoms with van der Waals surface area (Å²) in [6.45, 7) is 2.28. The summed E-state index contributed by atoms with van der Waals surface area (Å²) in [6.07, 6.45) is 6.70. The third-order valence-corrected chi connectivity index (χ3v) is 5.86. The minimum Gasteiger partial charge on any atom is -0.297 e. The van der Waals surface area contributed by atoms with Crippen LogP contribution in [0.4, 0.5) is 0 Å². The van der Waals surface area contributed by atoms with E-state index in [0.29, 0.717) is 17.4 Å². The molecule has 0 radical (unpaired) electrons. The third-order valence-electron chi connectivity index (χ3n) is 4.69. The Balaban J connectivity index is 1.84. The zero-order chi connectivity index (χ0) is 16.3. The molecule has 1 aliphatic rings. The first-order valence-corrected chi connectivity index (χ1v) is 8.86. The van der Waals surface area contributed by atoms with Gasteiger partial charge in [-0.25, -0.2) is 9.78 Å².